The molecular formula is C26H41N3. The molecule has 0 atom stereocenters. The first kappa shape index (κ1) is 19.9. The molecule has 2 aliphatic carbocycles. The second-order valence-electron chi connectivity index (χ2n) is 10.5. The first-order valence-electron chi connectivity index (χ1n) is 12.6. The Hall–Kier alpha value is -1.06. The van der Waals surface area contributed by atoms with E-state index in [1.807, 2.05) is 0 Å². The number of nitrogens with one attached hydrogen (secondary N) is 1. The summed E-state index contributed by atoms with van der Waals surface area (Å²) >= 11 is 0. The second-order valence-corrected chi connectivity index (χ2v) is 10.5. The molecule has 1 N–H and O–H groups in total. The fourth-order valence-electron chi connectivity index (χ4n) is 6.25. The summed E-state index contributed by atoms with van der Waals surface area (Å²) in [5.41, 5.74) is 3.53. The average molecular weight is 396 g/mol. The van der Waals surface area contributed by atoms with Crippen molar-refractivity contribution in [2.24, 2.45) is 5.41 Å². The van der Waals surface area contributed by atoms with Gasteiger partial charge in [0.2, 0.25) is 0 Å². The van der Waals surface area contributed by atoms with Crippen LogP contribution >= 0.6 is 0 Å². The van der Waals surface area contributed by atoms with Gasteiger partial charge in [0.25, 0.3) is 0 Å². The minimum atomic E-state index is 0.653. The van der Waals surface area contributed by atoms with Gasteiger partial charge in [0.15, 0.2) is 0 Å². The third-order valence-electron chi connectivity index (χ3n) is 8.78. The van der Waals surface area contributed by atoms with Crippen molar-refractivity contribution in [1.29, 1.82) is 0 Å². The highest BCUT2D eigenvalue weighted by Crippen LogP contribution is 2.43. The van der Waals surface area contributed by atoms with Crippen LogP contribution in [-0.4, -0.2) is 43.2 Å². The molecule has 1 aromatic rings. The lowest BCUT2D eigenvalue weighted by atomic mass is 9.70. The maximum Gasteiger partial charge on any atom is 0.0366 e. The van der Waals surface area contributed by atoms with E-state index in [-0.39, 0.29) is 0 Å². The van der Waals surface area contributed by atoms with Crippen LogP contribution in [0.5, 0.6) is 0 Å². The Labute approximate surface area is 178 Å². The van der Waals surface area contributed by atoms with Crippen LogP contribution in [-0.2, 0) is 6.54 Å². The first-order valence-corrected chi connectivity index (χ1v) is 12.6. The van der Waals surface area contributed by atoms with Crippen LogP contribution in [0.1, 0.15) is 82.6 Å². The van der Waals surface area contributed by atoms with Gasteiger partial charge in [0, 0.05) is 37.4 Å². The molecule has 2 saturated carbocycles. The van der Waals surface area contributed by atoms with Crippen LogP contribution in [0.2, 0.25) is 0 Å². The maximum atomic E-state index is 3.78. The lowest BCUT2D eigenvalue weighted by Gasteiger charge is -2.50. The number of nitrogens with zero attached hydrogens (tertiary/aromatic N) is 2. The van der Waals surface area contributed by atoms with Crippen LogP contribution < -0.4 is 10.2 Å². The Balaban J connectivity index is 1.08. The van der Waals surface area contributed by atoms with Crippen molar-refractivity contribution in [3.63, 3.8) is 0 Å². The van der Waals surface area contributed by atoms with Gasteiger partial charge in [-0.25, -0.2) is 0 Å². The number of benzene rings is 1. The zero-order valence-corrected chi connectivity index (χ0v) is 18.4. The van der Waals surface area contributed by atoms with Crippen molar-refractivity contribution in [3.8, 4) is 0 Å². The van der Waals surface area contributed by atoms with Gasteiger partial charge < -0.3 is 15.1 Å². The van der Waals surface area contributed by atoms with Gasteiger partial charge >= 0.3 is 0 Å². The van der Waals surface area contributed by atoms with E-state index in [2.05, 4.69) is 39.4 Å². The van der Waals surface area contributed by atoms with Gasteiger partial charge in [0.05, 0.1) is 0 Å². The molecule has 160 valence electrons. The van der Waals surface area contributed by atoms with Crippen LogP contribution in [0.3, 0.4) is 0 Å². The highest BCUT2D eigenvalue weighted by Gasteiger charge is 2.39. The molecule has 0 amide bonds. The molecule has 1 spiro atoms. The van der Waals surface area contributed by atoms with Gasteiger partial charge in [-0.3, -0.25) is 0 Å². The summed E-state index contributed by atoms with van der Waals surface area (Å²) in [6.07, 6.45) is 17.1. The Kier molecular flexibility index (Phi) is 6.15. The van der Waals surface area contributed by atoms with Gasteiger partial charge in [-0.2, -0.15) is 0 Å². The Bertz CT molecular complexity index is 626. The molecule has 0 aromatic heterocycles. The van der Waals surface area contributed by atoms with Crippen LogP contribution in [0.15, 0.2) is 24.3 Å². The third-order valence-corrected chi connectivity index (χ3v) is 8.78. The Morgan fingerprint density at radius 3 is 2.03 bits per heavy atom. The largest absolute Gasteiger partial charge is 0.371 e. The number of piperidine rings is 2. The minimum Gasteiger partial charge on any atom is -0.371 e. The summed E-state index contributed by atoms with van der Waals surface area (Å²) in [7, 11) is 0. The van der Waals surface area contributed by atoms with E-state index in [1.165, 1.54) is 114 Å². The molecule has 29 heavy (non-hydrogen) atoms. The molecule has 1 aromatic carbocycles. The van der Waals surface area contributed by atoms with E-state index in [0.717, 1.165) is 18.6 Å². The minimum absolute atomic E-state index is 0.653. The average Bonchev–Trinajstić information content (AvgIpc) is 2.75. The standard InChI is InChI=1S/C26H41N3/c1-2-5-23(6-3-1)27-21-22-9-11-25(12-10-22)29-19-15-26(16-20-29)13-17-28(18-14-26)24-7-4-8-24/h9-12,23-24,27H,1-8,13-21H2. The van der Waals surface area contributed by atoms with E-state index < -0.39 is 0 Å². The van der Waals surface area contributed by atoms with E-state index >= 15 is 0 Å². The lowest BCUT2D eigenvalue weighted by molar-refractivity contribution is 0.0306. The molecule has 2 saturated heterocycles. The predicted molar refractivity (Wildman–Crippen MR) is 122 cm³/mol. The molecular weight excluding hydrogens is 354 g/mol. The quantitative estimate of drug-likeness (QED) is 0.725. The van der Waals surface area contributed by atoms with Crippen LogP contribution in [0.25, 0.3) is 0 Å². The van der Waals surface area contributed by atoms with Gasteiger partial charge in [-0.05, 0) is 87.6 Å². The molecule has 3 nitrogen and oxygen atoms in total. The lowest BCUT2D eigenvalue weighted by Crippen LogP contribution is -2.50. The van der Waals surface area contributed by atoms with E-state index in [9.17, 15) is 0 Å². The molecule has 4 aliphatic rings. The van der Waals surface area contributed by atoms with Gasteiger partial charge in [-0.15, -0.1) is 0 Å². The third kappa shape index (κ3) is 4.66. The fraction of sp³-hybridized carbons (Fsp3) is 0.769. The summed E-state index contributed by atoms with van der Waals surface area (Å²) in [4.78, 5) is 5.45. The molecule has 2 heterocycles. The van der Waals surface area contributed by atoms with Gasteiger partial charge in [0.1, 0.15) is 0 Å². The van der Waals surface area contributed by atoms with E-state index in [1.54, 1.807) is 0 Å². The van der Waals surface area contributed by atoms with Crippen molar-refractivity contribution in [1.82, 2.24) is 10.2 Å². The molecule has 0 unspecified atom stereocenters. The van der Waals surface area contributed by atoms with Crippen molar-refractivity contribution < 1.29 is 0 Å². The molecule has 5 rings (SSSR count). The van der Waals surface area contributed by atoms with Crippen molar-refractivity contribution in [2.45, 2.75) is 95.7 Å². The molecule has 2 aliphatic heterocycles. The number of rotatable bonds is 5. The smallest absolute Gasteiger partial charge is 0.0366 e. The van der Waals surface area contributed by atoms with Crippen molar-refractivity contribution in [3.05, 3.63) is 29.8 Å². The summed E-state index contributed by atoms with van der Waals surface area (Å²) in [5.74, 6) is 0. The number of likely N-dealkylation sites (tertiary alicyclic amines) is 1. The topological polar surface area (TPSA) is 18.5 Å². The monoisotopic (exact) mass is 395 g/mol. The van der Waals surface area contributed by atoms with Crippen molar-refractivity contribution >= 4 is 5.69 Å². The summed E-state index contributed by atoms with van der Waals surface area (Å²) in [6.45, 7) is 6.28. The normalized spacial score (nSPS) is 26.6. The molecule has 0 bridgehead atoms. The van der Waals surface area contributed by atoms with Crippen LogP contribution in [0.4, 0.5) is 5.69 Å². The Morgan fingerprint density at radius 1 is 0.759 bits per heavy atom. The maximum absolute atomic E-state index is 3.78. The number of hydrogen-bond donors (Lipinski definition) is 1. The summed E-state index contributed by atoms with van der Waals surface area (Å²) < 4.78 is 0. The van der Waals surface area contributed by atoms with Crippen molar-refractivity contribution in [2.75, 3.05) is 31.1 Å². The highest BCUT2D eigenvalue weighted by molar-refractivity contribution is 5.48. The highest BCUT2D eigenvalue weighted by atomic mass is 15.2. The molecule has 4 fully saturated rings. The fourth-order valence-corrected chi connectivity index (χ4v) is 6.25. The predicted octanol–water partition coefficient (Wildman–Crippen LogP) is 5.34. The van der Waals surface area contributed by atoms with E-state index in [4.69, 9.17) is 0 Å². The summed E-state index contributed by atoms with van der Waals surface area (Å²) in [5, 5.41) is 3.78. The number of anilines is 1. The summed E-state index contributed by atoms with van der Waals surface area (Å²) in [6, 6.07) is 11.1. The number of hydrogen-bond acceptors (Lipinski definition) is 3. The molecule has 0 radical (unpaired) electrons. The van der Waals surface area contributed by atoms with Gasteiger partial charge in [-0.1, -0.05) is 37.8 Å². The van der Waals surface area contributed by atoms with E-state index in [0.29, 0.717) is 5.41 Å². The molecule has 3 heteroatoms. The Morgan fingerprint density at radius 2 is 1.41 bits per heavy atom. The SMILES string of the molecule is c1cc(N2CCC3(CC2)CCN(C2CCC2)CC3)ccc1CNC1CCCCC1. The van der Waals surface area contributed by atoms with Crippen LogP contribution in [0, 0.1) is 5.41 Å². The second kappa shape index (κ2) is 8.98. The first-order chi connectivity index (χ1) is 14.3. The zero-order chi connectivity index (χ0) is 19.5. The zero-order valence-electron chi connectivity index (χ0n) is 18.4.